The van der Waals surface area contributed by atoms with E-state index in [-0.39, 0.29) is 11.7 Å². The van der Waals surface area contributed by atoms with Crippen LogP contribution in [-0.2, 0) is 0 Å². The van der Waals surface area contributed by atoms with Crippen LogP contribution in [0.25, 0.3) is 10.6 Å². The van der Waals surface area contributed by atoms with Crippen LogP contribution in [-0.4, -0.2) is 10.9 Å². The smallest absolute Gasteiger partial charge is 0.267 e. The summed E-state index contributed by atoms with van der Waals surface area (Å²) < 4.78 is 13.1. The molecule has 0 spiro atoms. The van der Waals surface area contributed by atoms with Crippen molar-refractivity contribution in [2.24, 2.45) is 0 Å². The predicted molar refractivity (Wildman–Crippen MR) is 101 cm³/mol. The number of halogens is 2. The van der Waals surface area contributed by atoms with Crippen molar-refractivity contribution in [1.29, 1.82) is 0 Å². The third-order valence-electron chi connectivity index (χ3n) is 3.76. The Kier molecular flexibility index (Phi) is 4.88. The largest absolute Gasteiger partial charge is 0.320 e. The summed E-state index contributed by atoms with van der Waals surface area (Å²) in [6.45, 7) is 5.63. The van der Waals surface area contributed by atoms with E-state index in [0.717, 1.165) is 16.7 Å². The molecule has 1 amide bonds. The number of nitrogens with zero attached hydrogens (tertiary/aromatic N) is 1. The Balaban J connectivity index is 1.90. The quantitative estimate of drug-likeness (QED) is 0.631. The SMILES string of the molecule is Cc1cc(C)c(NC(=O)c2sc(-c3ccc(F)cc3)nc2C)c(Cl)c1. The number of amides is 1. The first-order chi connectivity index (χ1) is 11.8. The number of hydrogen-bond acceptors (Lipinski definition) is 3. The molecule has 1 aromatic heterocycles. The molecule has 3 rings (SSSR count). The van der Waals surface area contributed by atoms with Crippen molar-refractivity contribution < 1.29 is 9.18 Å². The fourth-order valence-corrected chi connectivity index (χ4v) is 3.90. The fraction of sp³-hybridized carbons (Fsp3) is 0.158. The molecule has 3 nitrogen and oxygen atoms in total. The van der Waals surface area contributed by atoms with Gasteiger partial charge in [0, 0.05) is 5.56 Å². The molecule has 0 aliphatic heterocycles. The minimum Gasteiger partial charge on any atom is -0.320 e. The van der Waals surface area contributed by atoms with Crippen molar-refractivity contribution >= 4 is 34.5 Å². The van der Waals surface area contributed by atoms with E-state index in [4.69, 9.17) is 11.6 Å². The molecule has 2 aromatic carbocycles. The van der Waals surface area contributed by atoms with Gasteiger partial charge in [0.05, 0.1) is 16.4 Å². The van der Waals surface area contributed by atoms with Gasteiger partial charge in [0.15, 0.2) is 0 Å². The number of nitrogens with one attached hydrogen (secondary N) is 1. The summed E-state index contributed by atoms with van der Waals surface area (Å²) in [6.07, 6.45) is 0. The van der Waals surface area contributed by atoms with Crippen LogP contribution in [0.4, 0.5) is 10.1 Å². The zero-order valence-electron chi connectivity index (χ0n) is 14.0. The lowest BCUT2D eigenvalue weighted by Gasteiger charge is -2.11. The van der Waals surface area contributed by atoms with Gasteiger partial charge in [-0.05, 0) is 62.2 Å². The van der Waals surface area contributed by atoms with Gasteiger partial charge in [0.1, 0.15) is 15.7 Å². The van der Waals surface area contributed by atoms with Crippen LogP contribution in [0.1, 0.15) is 26.5 Å². The van der Waals surface area contributed by atoms with Gasteiger partial charge in [0.25, 0.3) is 5.91 Å². The Morgan fingerprint density at radius 1 is 1.16 bits per heavy atom. The molecule has 1 heterocycles. The molecule has 1 N–H and O–H groups in total. The number of thiazole rings is 1. The molecule has 0 saturated heterocycles. The summed E-state index contributed by atoms with van der Waals surface area (Å²) in [5.74, 6) is -0.559. The standard InChI is InChI=1S/C19H16ClFN2OS/c1-10-8-11(2)16(15(20)9-10)23-18(24)17-12(3)22-19(25-17)13-4-6-14(21)7-5-13/h4-9H,1-3H3,(H,23,24). The minimum atomic E-state index is -0.306. The third-order valence-corrected chi connectivity index (χ3v) is 5.27. The Hall–Kier alpha value is -2.24. The molecule has 0 atom stereocenters. The maximum absolute atomic E-state index is 13.1. The molecule has 0 radical (unpaired) electrons. The minimum absolute atomic E-state index is 0.253. The second-order valence-corrected chi connectivity index (χ2v) is 7.24. The maximum atomic E-state index is 13.1. The number of rotatable bonds is 3. The van der Waals surface area contributed by atoms with Gasteiger partial charge in [-0.2, -0.15) is 0 Å². The predicted octanol–water partition coefficient (Wildman–Crippen LogP) is 5.78. The first-order valence-electron chi connectivity index (χ1n) is 7.66. The maximum Gasteiger partial charge on any atom is 0.267 e. The van der Waals surface area contributed by atoms with Gasteiger partial charge in [-0.1, -0.05) is 17.7 Å². The molecule has 0 fully saturated rings. The topological polar surface area (TPSA) is 42.0 Å². The first kappa shape index (κ1) is 17.6. The summed E-state index contributed by atoms with van der Waals surface area (Å²) in [5.41, 5.74) is 3.95. The Morgan fingerprint density at radius 2 is 1.84 bits per heavy atom. The van der Waals surface area contributed by atoms with Crippen molar-refractivity contribution in [3.05, 3.63) is 68.9 Å². The molecule has 3 aromatic rings. The zero-order chi connectivity index (χ0) is 18.1. The van der Waals surface area contributed by atoms with Crippen LogP contribution < -0.4 is 5.32 Å². The van der Waals surface area contributed by atoms with Crippen molar-refractivity contribution in [3.8, 4) is 10.6 Å². The lowest BCUT2D eigenvalue weighted by atomic mass is 10.1. The highest BCUT2D eigenvalue weighted by atomic mass is 35.5. The number of aromatic nitrogens is 1. The molecule has 0 saturated carbocycles. The number of carbonyl (C=O) groups is 1. The van der Waals surface area contributed by atoms with Crippen LogP contribution in [0.3, 0.4) is 0 Å². The van der Waals surface area contributed by atoms with Gasteiger partial charge in [-0.15, -0.1) is 11.3 Å². The van der Waals surface area contributed by atoms with E-state index in [0.29, 0.717) is 26.3 Å². The molecule has 0 aliphatic rings. The Labute approximate surface area is 154 Å². The van der Waals surface area contributed by atoms with Crippen molar-refractivity contribution in [1.82, 2.24) is 4.98 Å². The summed E-state index contributed by atoms with van der Waals surface area (Å²) in [7, 11) is 0. The summed E-state index contributed by atoms with van der Waals surface area (Å²) >= 11 is 7.53. The van der Waals surface area contributed by atoms with Crippen LogP contribution in [0.2, 0.25) is 5.02 Å². The summed E-state index contributed by atoms with van der Waals surface area (Å²) in [5, 5.41) is 4.06. The average Bonchev–Trinajstić information content (AvgIpc) is 2.93. The van der Waals surface area contributed by atoms with E-state index >= 15 is 0 Å². The first-order valence-corrected chi connectivity index (χ1v) is 8.86. The summed E-state index contributed by atoms with van der Waals surface area (Å²) in [4.78, 5) is 17.6. The molecular weight excluding hydrogens is 359 g/mol. The van der Waals surface area contributed by atoms with Gasteiger partial charge in [-0.25, -0.2) is 9.37 Å². The monoisotopic (exact) mass is 374 g/mol. The summed E-state index contributed by atoms with van der Waals surface area (Å²) in [6, 6.07) is 9.83. The Morgan fingerprint density at radius 3 is 2.48 bits per heavy atom. The zero-order valence-corrected chi connectivity index (χ0v) is 15.6. The van der Waals surface area contributed by atoms with Crippen molar-refractivity contribution in [2.45, 2.75) is 20.8 Å². The molecule has 128 valence electrons. The number of anilines is 1. The molecule has 0 bridgehead atoms. The van der Waals surface area contributed by atoms with Crippen LogP contribution in [0.15, 0.2) is 36.4 Å². The Bertz CT molecular complexity index is 928. The molecule has 25 heavy (non-hydrogen) atoms. The normalized spacial score (nSPS) is 10.8. The lowest BCUT2D eigenvalue weighted by Crippen LogP contribution is -2.13. The number of carbonyl (C=O) groups excluding carboxylic acids is 1. The van der Waals surface area contributed by atoms with E-state index in [2.05, 4.69) is 10.3 Å². The fourth-order valence-electron chi connectivity index (χ4n) is 2.57. The third kappa shape index (κ3) is 3.72. The molecule has 0 unspecified atom stereocenters. The number of benzene rings is 2. The van der Waals surface area contributed by atoms with Gasteiger partial charge in [0.2, 0.25) is 0 Å². The van der Waals surface area contributed by atoms with Gasteiger partial charge < -0.3 is 5.32 Å². The molecular formula is C19H16ClFN2OS. The average molecular weight is 375 g/mol. The lowest BCUT2D eigenvalue weighted by molar-refractivity contribution is 0.102. The van der Waals surface area contributed by atoms with Crippen molar-refractivity contribution in [3.63, 3.8) is 0 Å². The highest BCUT2D eigenvalue weighted by molar-refractivity contribution is 7.17. The van der Waals surface area contributed by atoms with Crippen LogP contribution in [0.5, 0.6) is 0 Å². The second-order valence-electron chi connectivity index (χ2n) is 5.83. The second kappa shape index (κ2) is 6.94. The van der Waals surface area contributed by atoms with Gasteiger partial charge in [-0.3, -0.25) is 4.79 Å². The van der Waals surface area contributed by atoms with E-state index in [9.17, 15) is 9.18 Å². The van der Waals surface area contributed by atoms with E-state index in [1.807, 2.05) is 26.0 Å². The van der Waals surface area contributed by atoms with Crippen LogP contribution >= 0.6 is 22.9 Å². The van der Waals surface area contributed by atoms with E-state index in [1.54, 1.807) is 19.1 Å². The van der Waals surface area contributed by atoms with E-state index in [1.165, 1.54) is 23.5 Å². The van der Waals surface area contributed by atoms with Gasteiger partial charge >= 0.3 is 0 Å². The number of hydrogen-bond donors (Lipinski definition) is 1. The highest BCUT2D eigenvalue weighted by Crippen LogP contribution is 2.31. The van der Waals surface area contributed by atoms with Crippen molar-refractivity contribution in [2.75, 3.05) is 5.32 Å². The number of aryl methyl sites for hydroxylation is 3. The van der Waals surface area contributed by atoms with Crippen LogP contribution in [0, 0.1) is 26.6 Å². The molecule has 0 aliphatic carbocycles. The highest BCUT2D eigenvalue weighted by Gasteiger charge is 2.18. The molecule has 6 heteroatoms. The van der Waals surface area contributed by atoms with E-state index < -0.39 is 0 Å².